The number of carbonyl (C=O) groups is 2. The summed E-state index contributed by atoms with van der Waals surface area (Å²) in [6.07, 6.45) is 2.34. The van der Waals surface area contributed by atoms with Gasteiger partial charge >= 0.3 is 5.97 Å². The third kappa shape index (κ3) is 4.30. The van der Waals surface area contributed by atoms with Crippen LogP contribution < -0.4 is 0 Å². The number of benzene rings is 1. The van der Waals surface area contributed by atoms with Crippen LogP contribution in [-0.2, 0) is 19.6 Å². The molecule has 2 aliphatic rings. The molecule has 1 aliphatic heterocycles. The van der Waals surface area contributed by atoms with Crippen molar-refractivity contribution in [2.75, 3.05) is 26.2 Å². The number of aliphatic carboxylic acids is 1. The van der Waals surface area contributed by atoms with Gasteiger partial charge in [0.25, 0.3) is 0 Å². The van der Waals surface area contributed by atoms with E-state index in [1.165, 1.54) is 16.4 Å². The molecule has 2 atom stereocenters. The quantitative estimate of drug-likeness (QED) is 0.830. The zero-order valence-corrected chi connectivity index (χ0v) is 15.7. The van der Waals surface area contributed by atoms with Gasteiger partial charge in [-0.2, -0.15) is 4.31 Å². The van der Waals surface area contributed by atoms with Crippen molar-refractivity contribution in [2.24, 2.45) is 11.8 Å². The number of hydrogen-bond donors (Lipinski definition) is 1. The Morgan fingerprint density at radius 3 is 2.19 bits per heavy atom. The molecule has 1 amide bonds. The van der Waals surface area contributed by atoms with Crippen molar-refractivity contribution in [3.8, 4) is 0 Å². The molecule has 1 aliphatic carbocycles. The summed E-state index contributed by atoms with van der Waals surface area (Å²) in [7, 11) is -3.72. The normalized spacial score (nSPS) is 24.6. The maximum absolute atomic E-state index is 13.0. The first-order valence-electron chi connectivity index (χ1n) is 9.06. The van der Waals surface area contributed by atoms with Gasteiger partial charge in [0.2, 0.25) is 15.9 Å². The molecule has 148 valence electrons. The zero-order valence-electron chi connectivity index (χ0n) is 14.9. The van der Waals surface area contributed by atoms with Crippen molar-refractivity contribution in [3.05, 3.63) is 30.1 Å². The lowest BCUT2D eigenvalue weighted by molar-refractivity contribution is -0.145. The fourth-order valence-electron chi connectivity index (χ4n) is 3.80. The second-order valence-corrected chi connectivity index (χ2v) is 9.02. The number of sulfonamides is 1. The second kappa shape index (κ2) is 7.93. The summed E-state index contributed by atoms with van der Waals surface area (Å²) < 4.78 is 39.6. The Balaban J connectivity index is 1.60. The van der Waals surface area contributed by atoms with Crippen LogP contribution in [0.2, 0.25) is 0 Å². The standard InChI is InChI=1S/C18H23FN2O5S/c19-15-4-6-16(7-5-15)27(25,26)21-10-8-20(9-11-21)17(22)13-2-1-3-14(12-13)18(23)24/h4-7,13-14H,1-3,8-12H2,(H,23,24). The molecule has 0 radical (unpaired) electrons. The van der Waals surface area contributed by atoms with Gasteiger partial charge in [0.1, 0.15) is 5.82 Å². The topological polar surface area (TPSA) is 95.0 Å². The van der Waals surface area contributed by atoms with Crippen molar-refractivity contribution in [1.29, 1.82) is 0 Å². The molecular weight excluding hydrogens is 375 g/mol. The van der Waals surface area contributed by atoms with E-state index in [0.29, 0.717) is 25.7 Å². The molecule has 27 heavy (non-hydrogen) atoms. The average Bonchev–Trinajstić information content (AvgIpc) is 2.68. The largest absolute Gasteiger partial charge is 0.481 e. The third-order valence-electron chi connectivity index (χ3n) is 5.37. The number of amides is 1. The van der Waals surface area contributed by atoms with Crippen molar-refractivity contribution < 1.29 is 27.5 Å². The highest BCUT2D eigenvalue weighted by atomic mass is 32.2. The molecule has 0 aromatic heterocycles. The number of carbonyl (C=O) groups excluding carboxylic acids is 1. The third-order valence-corrected chi connectivity index (χ3v) is 7.29. The van der Waals surface area contributed by atoms with Gasteiger partial charge in [0.15, 0.2) is 0 Å². The lowest BCUT2D eigenvalue weighted by Crippen LogP contribution is -2.52. The summed E-state index contributed by atoms with van der Waals surface area (Å²) in [4.78, 5) is 25.6. The van der Waals surface area contributed by atoms with Crippen molar-refractivity contribution >= 4 is 21.9 Å². The van der Waals surface area contributed by atoms with E-state index in [1.54, 1.807) is 4.90 Å². The van der Waals surface area contributed by atoms with Crippen LogP contribution in [0.5, 0.6) is 0 Å². The zero-order chi connectivity index (χ0) is 19.6. The summed E-state index contributed by atoms with van der Waals surface area (Å²) in [5.74, 6) is -2.23. The van der Waals surface area contributed by atoms with Crippen LogP contribution >= 0.6 is 0 Å². The number of carboxylic acids is 1. The van der Waals surface area contributed by atoms with Crippen LogP contribution in [0.1, 0.15) is 25.7 Å². The summed E-state index contributed by atoms with van der Waals surface area (Å²) in [5, 5.41) is 9.18. The molecule has 1 N–H and O–H groups in total. The van der Waals surface area contributed by atoms with E-state index in [0.717, 1.165) is 12.1 Å². The highest BCUT2D eigenvalue weighted by Crippen LogP contribution is 2.31. The van der Waals surface area contributed by atoms with Gasteiger partial charge in [-0.25, -0.2) is 12.8 Å². The Hall–Kier alpha value is -2.00. The van der Waals surface area contributed by atoms with E-state index in [4.69, 9.17) is 0 Å². The SMILES string of the molecule is O=C(O)C1CCCC(C(=O)N2CCN(S(=O)(=O)c3ccc(F)cc3)CC2)C1. The summed E-state index contributed by atoms with van der Waals surface area (Å²) >= 11 is 0. The van der Waals surface area contributed by atoms with Crippen LogP contribution in [0.3, 0.4) is 0 Å². The number of rotatable bonds is 4. The molecule has 0 bridgehead atoms. The molecule has 9 heteroatoms. The smallest absolute Gasteiger partial charge is 0.306 e. The highest BCUT2D eigenvalue weighted by molar-refractivity contribution is 7.89. The Labute approximate surface area is 157 Å². The first kappa shape index (κ1) is 19.8. The number of carboxylic acid groups (broad SMARTS) is 1. The van der Waals surface area contributed by atoms with E-state index in [1.807, 2.05) is 0 Å². The Kier molecular flexibility index (Phi) is 5.81. The minimum absolute atomic E-state index is 0.0280. The van der Waals surface area contributed by atoms with E-state index >= 15 is 0 Å². The van der Waals surface area contributed by atoms with Gasteiger partial charge in [-0.3, -0.25) is 9.59 Å². The highest BCUT2D eigenvalue weighted by Gasteiger charge is 2.36. The van der Waals surface area contributed by atoms with Crippen LogP contribution in [-0.4, -0.2) is 60.8 Å². The molecular formula is C18H23FN2O5S. The fraction of sp³-hybridized carbons (Fsp3) is 0.556. The average molecular weight is 398 g/mol. The lowest BCUT2D eigenvalue weighted by atomic mass is 9.80. The van der Waals surface area contributed by atoms with E-state index in [-0.39, 0.29) is 42.9 Å². The number of halogens is 1. The first-order valence-corrected chi connectivity index (χ1v) is 10.5. The van der Waals surface area contributed by atoms with Crippen LogP contribution in [0.25, 0.3) is 0 Å². The van der Waals surface area contributed by atoms with Crippen LogP contribution in [0.15, 0.2) is 29.2 Å². The maximum Gasteiger partial charge on any atom is 0.306 e. The van der Waals surface area contributed by atoms with Crippen molar-refractivity contribution in [2.45, 2.75) is 30.6 Å². The second-order valence-electron chi connectivity index (χ2n) is 7.08. The predicted octanol–water partition coefficient (Wildman–Crippen LogP) is 1.55. The predicted molar refractivity (Wildman–Crippen MR) is 94.8 cm³/mol. The molecule has 1 saturated heterocycles. The van der Waals surface area contributed by atoms with Gasteiger partial charge in [-0.1, -0.05) is 6.42 Å². The number of nitrogens with zero attached hydrogens (tertiary/aromatic N) is 2. The molecule has 1 aromatic rings. The molecule has 2 fully saturated rings. The monoisotopic (exact) mass is 398 g/mol. The fourth-order valence-corrected chi connectivity index (χ4v) is 5.22. The molecule has 1 heterocycles. The molecule has 1 saturated carbocycles. The number of piperazine rings is 1. The lowest BCUT2D eigenvalue weighted by Gasteiger charge is -2.37. The van der Waals surface area contributed by atoms with Gasteiger partial charge in [0, 0.05) is 32.1 Å². The van der Waals surface area contributed by atoms with Gasteiger partial charge in [0.05, 0.1) is 10.8 Å². The minimum Gasteiger partial charge on any atom is -0.481 e. The molecule has 2 unspecified atom stereocenters. The molecule has 0 spiro atoms. The van der Waals surface area contributed by atoms with E-state index in [2.05, 4.69) is 0 Å². The maximum atomic E-state index is 13.0. The summed E-state index contributed by atoms with van der Waals surface area (Å²) in [6.45, 7) is 0.877. The Morgan fingerprint density at radius 1 is 1.00 bits per heavy atom. The van der Waals surface area contributed by atoms with E-state index < -0.39 is 27.7 Å². The number of hydrogen-bond acceptors (Lipinski definition) is 4. The Bertz CT molecular complexity index is 804. The molecule has 7 nitrogen and oxygen atoms in total. The van der Waals surface area contributed by atoms with Crippen LogP contribution in [0, 0.1) is 17.7 Å². The van der Waals surface area contributed by atoms with Gasteiger partial charge in [-0.05, 0) is 43.5 Å². The van der Waals surface area contributed by atoms with Crippen molar-refractivity contribution in [3.63, 3.8) is 0 Å². The minimum atomic E-state index is -3.72. The van der Waals surface area contributed by atoms with Crippen molar-refractivity contribution in [1.82, 2.24) is 9.21 Å². The molecule has 3 rings (SSSR count). The van der Waals surface area contributed by atoms with E-state index in [9.17, 15) is 27.5 Å². The summed E-state index contributed by atoms with van der Waals surface area (Å²) in [5.41, 5.74) is 0. The summed E-state index contributed by atoms with van der Waals surface area (Å²) in [6, 6.07) is 4.68. The molecule has 1 aromatic carbocycles. The Morgan fingerprint density at radius 2 is 1.59 bits per heavy atom. The van der Waals surface area contributed by atoms with Crippen LogP contribution in [0.4, 0.5) is 4.39 Å². The van der Waals surface area contributed by atoms with Gasteiger partial charge in [-0.15, -0.1) is 0 Å². The van der Waals surface area contributed by atoms with Gasteiger partial charge < -0.3 is 10.0 Å². The first-order chi connectivity index (χ1) is 12.8.